The number of carbonyl (C=O) groups excluding carboxylic acids is 1. The number of aryl methyl sites for hydroxylation is 1. The Labute approximate surface area is 170 Å². The molecule has 156 valence electrons. The minimum Gasteiger partial charge on any atom is -0.463 e. The van der Waals surface area contributed by atoms with Gasteiger partial charge in [-0.05, 0) is 6.92 Å². The van der Waals surface area contributed by atoms with Crippen LogP contribution in [0, 0.1) is 6.92 Å². The molecule has 0 aliphatic carbocycles. The zero-order valence-electron chi connectivity index (χ0n) is 16.5. The van der Waals surface area contributed by atoms with Gasteiger partial charge in [-0.25, -0.2) is 15.0 Å². The molecular weight excluding hydrogens is 396 g/mol. The summed E-state index contributed by atoms with van der Waals surface area (Å²) in [6.45, 7) is 4.95. The van der Waals surface area contributed by atoms with Crippen LogP contribution in [0.3, 0.4) is 0 Å². The maximum Gasteiger partial charge on any atom is 0.303 e. The highest BCUT2D eigenvalue weighted by Gasteiger charge is 2.29. The SMILES string of the molecule is CC(=O)Nc1cc(Nc2cc(C)nc(C(C)(F)F)n2)c(-c2cn3c(n2)OCC3)cn1. The molecule has 30 heavy (non-hydrogen) atoms. The number of anilines is 3. The van der Waals surface area contributed by atoms with Gasteiger partial charge in [0.2, 0.25) is 11.7 Å². The van der Waals surface area contributed by atoms with Gasteiger partial charge in [-0.2, -0.15) is 13.8 Å². The van der Waals surface area contributed by atoms with Crippen molar-refractivity contribution in [2.45, 2.75) is 33.2 Å². The lowest BCUT2D eigenvalue weighted by Crippen LogP contribution is -2.14. The van der Waals surface area contributed by atoms with Crippen LogP contribution in [0.1, 0.15) is 25.4 Å². The molecule has 2 N–H and O–H groups in total. The number of hydrogen-bond donors (Lipinski definition) is 2. The van der Waals surface area contributed by atoms with E-state index in [2.05, 4.69) is 30.6 Å². The largest absolute Gasteiger partial charge is 0.463 e. The van der Waals surface area contributed by atoms with Gasteiger partial charge in [-0.15, -0.1) is 0 Å². The molecule has 0 bridgehead atoms. The van der Waals surface area contributed by atoms with E-state index in [1.165, 1.54) is 13.1 Å². The summed E-state index contributed by atoms with van der Waals surface area (Å²) in [5, 5.41) is 5.64. The molecular formula is C19H19F2N7O2. The fourth-order valence-corrected chi connectivity index (χ4v) is 3.02. The summed E-state index contributed by atoms with van der Waals surface area (Å²) in [6.07, 6.45) is 3.36. The average molecular weight is 415 g/mol. The monoisotopic (exact) mass is 415 g/mol. The molecule has 3 aromatic heterocycles. The van der Waals surface area contributed by atoms with Crippen molar-refractivity contribution >= 4 is 23.2 Å². The van der Waals surface area contributed by atoms with E-state index in [1.807, 2.05) is 10.8 Å². The topological polar surface area (TPSA) is 107 Å². The summed E-state index contributed by atoms with van der Waals surface area (Å²) in [7, 11) is 0. The van der Waals surface area contributed by atoms with Crippen LogP contribution < -0.4 is 15.4 Å². The number of ether oxygens (including phenoxy) is 1. The van der Waals surface area contributed by atoms with E-state index >= 15 is 0 Å². The normalized spacial score (nSPS) is 13.0. The number of fused-ring (bicyclic) bond motifs is 1. The van der Waals surface area contributed by atoms with Crippen molar-refractivity contribution in [3.05, 3.63) is 36.0 Å². The number of imidazole rings is 1. The molecule has 0 aromatic carbocycles. The number of nitrogens with one attached hydrogen (secondary N) is 2. The number of aromatic nitrogens is 5. The van der Waals surface area contributed by atoms with E-state index in [0.717, 1.165) is 6.92 Å². The van der Waals surface area contributed by atoms with Crippen molar-refractivity contribution < 1.29 is 18.3 Å². The molecule has 0 unspecified atom stereocenters. The second-order valence-electron chi connectivity index (χ2n) is 6.98. The van der Waals surface area contributed by atoms with Crippen LogP contribution in [-0.4, -0.2) is 37.0 Å². The van der Waals surface area contributed by atoms with Crippen LogP contribution in [0.15, 0.2) is 24.5 Å². The van der Waals surface area contributed by atoms with Crippen molar-refractivity contribution in [1.29, 1.82) is 0 Å². The smallest absolute Gasteiger partial charge is 0.303 e. The van der Waals surface area contributed by atoms with Crippen molar-refractivity contribution in [1.82, 2.24) is 24.5 Å². The Morgan fingerprint density at radius 3 is 2.73 bits per heavy atom. The summed E-state index contributed by atoms with van der Waals surface area (Å²) < 4.78 is 34.8. The quantitative estimate of drug-likeness (QED) is 0.659. The highest BCUT2D eigenvalue weighted by atomic mass is 19.3. The van der Waals surface area contributed by atoms with Crippen LogP contribution in [0.5, 0.6) is 6.01 Å². The summed E-state index contributed by atoms with van der Waals surface area (Å²) in [5.41, 5.74) is 2.04. The Morgan fingerprint density at radius 2 is 2.03 bits per heavy atom. The fraction of sp³-hybridized carbons (Fsp3) is 0.316. The third-order valence-corrected chi connectivity index (χ3v) is 4.30. The van der Waals surface area contributed by atoms with Gasteiger partial charge in [0, 0.05) is 49.6 Å². The van der Waals surface area contributed by atoms with E-state index < -0.39 is 11.7 Å². The summed E-state index contributed by atoms with van der Waals surface area (Å²) in [5.74, 6) is -3.59. The van der Waals surface area contributed by atoms with Gasteiger partial charge < -0.3 is 15.4 Å². The van der Waals surface area contributed by atoms with Crippen LogP contribution in [0.25, 0.3) is 11.3 Å². The van der Waals surface area contributed by atoms with Gasteiger partial charge in [0.05, 0.1) is 17.9 Å². The molecule has 0 fully saturated rings. The Bertz CT molecular complexity index is 1100. The summed E-state index contributed by atoms with van der Waals surface area (Å²) in [6, 6.07) is 3.63. The highest BCUT2D eigenvalue weighted by molar-refractivity contribution is 5.89. The fourth-order valence-electron chi connectivity index (χ4n) is 3.02. The van der Waals surface area contributed by atoms with Gasteiger partial charge >= 0.3 is 5.92 Å². The number of hydrogen-bond acceptors (Lipinski definition) is 7. The van der Waals surface area contributed by atoms with Crippen molar-refractivity contribution in [3.63, 3.8) is 0 Å². The molecule has 0 atom stereocenters. The van der Waals surface area contributed by atoms with Gasteiger partial charge in [0.15, 0.2) is 0 Å². The number of alkyl halides is 2. The molecule has 4 heterocycles. The van der Waals surface area contributed by atoms with Crippen molar-refractivity contribution in [2.75, 3.05) is 17.2 Å². The molecule has 9 nitrogen and oxygen atoms in total. The zero-order valence-corrected chi connectivity index (χ0v) is 16.5. The maximum atomic E-state index is 13.8. The first kappa shape index (κ1) is 19.7. The molecule has 11 heteroatoms. The van der Waals surface area contributed by atoms with E-state index in [4.69, 9.17) is 4.74 Å². The standard InChI is InChI=1S/C19H19F2N7O2/c1-10-6-16(27-17(23-10)19(3,20)21)25-13-7-15(24-11(2)29)22-8-12(13)14-9-28-4-5-30-18(28)26-14/h6-9H,4-5H2,1-3H3,(H2,22,23,24,25,27,29). The van der Waals surface area contributed by atoms with Crippen molar-refractivity contribution in [3.8, 4) is 17.3 Å². The Balaban J connectivity index is 1.76. The third kappa shape index (κ3) is 4.04. The summed E-state index contributed by atoms with van der Waals surface area (Å²) >= 11 is 0. The second kappa shape index (κ2) is 7.32. The van der Waals surface area contributed by atoms with Crippen LogP contribution in [0.4, 0.5) is 26.1 Å². The second-order valence-corrected chi connectivity index (χ2v) is 6.98. The first-order valence-corrected chi connectivity index (χ1v) is 9.18. The lowest BCUT2D eigenvalue weighted by molar-refractivity contribution is -0.114. The predicted octanol–water partition coefficient (Wildman–Crippen LogP) is 3.25. The van der Waals surface area contributed by atoms with Gasteiger partial charge in [-0.3, -0.25) is 9.36 Å². The maximum absolute atomic E-state index is 13.8. The minimum absolute atomic E-state index is 0.184. The van der Waals surface area contributed by atoms with Gasteiger partial charge in [0.1, 0.15) is 18.2 Å². The first-order chi connectivity index (χ1) is 14.2. The summed E-state index contributed by atoms with van der Waals surface area (Å²) in [4.78, 5) is 27.9. The molecule has 0 saturated carbocycles. The third-order valence-electron chi connectivity index (χ3n) is 4.30. The van der Waals surface area contributed by atoms with E-state index in [0.29, 0.717) is 47.6 Å². The van der Waals surface area contributed by atoms with E-state index in [9.17, 15) is 13.6 Å². The average Bonchev–Trinajstić information content (AvgIpc) is 3.22. The molecule has 3 aromatic rings. The first-order valence-electron chi connectivity index (χ1n) is 9.18. The van der Waals surface area contributed by atoms with Crippen LogP contribution >= 0.6 is 0 Å². The van der Waals surface area contributed by atoms with Gasteiger partial charge in [-0.1, -0.05) is 0 Å². The number of pyridine rings is 1. The molecule has 0 radical (unpaired) electrons. The minimum atomic E-state index is -3.19. The molecule has 1 aliphatic rings. The number of nitrogens with zero attached hydrogens (tertiary/aromatic N) is 5. The lowest BCUT2D eigenvalue weighted by Gasteiger charge is -2.15. The van der Waals surface area contributed by atoms with E-state index in [1.54, 1.807) is 19.1 Å². The molecule has 1 amide bonds. The van der Waals surface area contributed by atoms with E-state index in [-0.39, 0.29) is 11.7 Å². The Morgan fingerprint density at radius 1 is 1.23 bits per heavy atom. The van der Waals surface area contributed by atoms with Crippen LogP contribution in [-0.2, 0) is 17.3 Å². The molecule has 4 rings (SSSR count). The van der Waals surface area contributed by atoms with Crippen LogP contribution in [0.2, 0.25) is 0 Å². The van der Waals surface area contributed by atoms with Crippen molar-refractivity contribution in [2.24, 2.45) is 0 Å². The predicted molar refractivity (Wildman–Crippen MR) is 105 cm³/mol. The highest BCUT2D eigenvalue weighted by Crippen LogP contribution is 2.33. The van der Waals surface area contributed by atoms with Gasteiger partial charge in [0.25, 0.3) is 6.01 Å². The number of amides is 1. The Kier molecular flexibility index (Phi) is 4.80. The zero-order chi connectivity index (χ0) is 21.5. The lowest BCUT2D eigenvalue weighted by atomic mass is 10.1. The Hall–Kier alpha value is -3.63. The molecule has 1 aliphatic heterocycles. The number of carbonyl (C=O) groups is 1. The molecule has 0 spiro atoms. The number of rotatable bonds is 5. The molecule has 0 saturated heterocycles. The number of halogens is 2.